The first-order valence-corrected chi connectivity index (χ1v) is 8.64. The van der Waals surface area contributed by atoms with Crippen molar-refractivity contribution in [3.8, 4) is 11.5 Å². The van der Waals surface area contributed by atoms with Gasteiger partial charge in [-0.2, -0.15) is 0 Å². The minimum Gasteiger partial charge on any atom is -0.457 e. The zero-order chi connectivity index (χ0) is 16.2. The van der Waals surface area contributed by atoms with Crippen LogP contribution in [0.5, 0.6) is 11.5 Å². The van der Waals surface area contributed by atoms with E-state index in [-0.39, 0.29) is 0 Å². The Hall–Kier alpha value is -2.30. The Labute approximate surface area is 142 Å². The first-order chi connectivity index (χ1) is 11.9. The van der Waals surface area contributed by atoms with Gasteiger partial charge < -0.3 is 19.9 Å². The molecule has 124 valence electrons. The van der Waals surface area contributed by atoms with Crippen molar-refractivity contribution in [3.63, 3.8) is 0 Å². The Morgan fingerprint density at radius 2 is 1.79 bits per heavy atom. The van der Waals surface area contributed by atoms with Gasteiger partial charge in [0.2, 0.25) is 0 Å². The molecule has 0 spiro atoms. The van der Waals surface area contributed by atoms with Crippen molar-refractivity contribution in [1.82, 2.24) is 15.2 Å². The average molecular weight is 321 g/mol. The molecule has 2 heterocycles. The van der Waals surface area contributed by atoms with Gasteiger partial charge in [0.25, 0.3) is 0 Å². The normalized spacial score (nSPS) is 15.7. The zero-order valence-corrected chi connectivity index (χ0v) is 13.8. The standard InChI is InChI=1S/C20H23N3O/c1-2-4-17(5-3-1)24-18-6-7-20-19(14-18)16(15-22-20)8-11-23-12-9-21-10-13-23/h1-7,14-15,21-22H,8-13H2. The number of para-hydroxylation sites is 1. The summed E-state index contributed by atoms with van der Waals surface area (Å²) in [5, 5.41) is 4.67. The van der Waals surface area contributed by atoms with Crippen LogP contribution in [0.1, 0.15) is 5.56 Å². The van der Waals surface area contributed by atoms with Gasteiger partial charge in [0.1, 0.15) is 11.5 Å². The van der Waals surface area contributed by atoms with E-state index >= 15 is 0 Å². The first-order valence-electron chi connectivity index (χ1n) is 8.64. The number of hydrogen-bond acceptors (Lipinski definition) is 3. The maximum Gasteiger partial charge on any atom is 0.128 e. The van der Waals surface area contributed by atoms with E-state index in [1.54, 1.807) is 0 Å². The SMILES string of the molecule is c1ccc(Oc2ccc3[nH]cc(CCN4CCNCC4)c3c2)cc1. The number of nitrogens with one attached hydrogen (secondary N) is 2. The molecule has 2 N–H and O–H groups in total. The molecule has 4 heteroatoms. The van der Waals surface area contributed by atoms with Crippen molar-refractivity contribution in [1.29, 1.82) is 0 Å². The Morgan fingerprint density at radius 1 is 0.958 bits per heavy atom. The number of piperazine rings is 1. The lowest BCUT2D eigenvalue weighted by molar-refractivity contribution is 0.244. The van der Waals surface area contributed by atoms with E-state index in [0.717, 1.165) is 50.6 Å². The predicted octanol–water partition coefficient (Wildman–Crippen LogP) is 3.41. The lowest BCUT2D eigenvalue weighted by Crippen LogP contribution is -2.44. The van der Waals surface area contributed by atoms with Crippen molar-refractivity contribution in [2.24, 2.45) is 0 Å². The second-order valence-corrected chi connectivity index (χ2v) is 6.28. The highest BCUT2D eigenvalue weighted by Gasteiger charge is 2.11. The monoisotopic (exact) mass is 321 g/mol. The number of H-pyrrole nitrogens is 1. The maximum absolute atomic E-state index is 5.97. The van der Waals surface area contributed by atoms with E-state index in [1.807, 2.05) is 36.4 Å². The van der Waals surface area contributed by atoms with Crippen LogP contribution in [0.25, 0.3) is 10.9 Å². The molecule has 0 radical (unpaired) electrons. The summed E-state index contributed by atoms with van der Waals surface area (Å²) in [6.07, 6.45) is 3.20. The molecule has 0 atom stereocenters. The number of ether oxygens (including phenoxy) is 1. The van der Waals surface area contributed by atoms with Crippen molar-refractivity contribution in [3.05, 3.63) is 60.3 Å². The summed E-state index contributed by atoms with van der Waals surface area (Å²) in [5.41, 5.74) is 2.53. The molecule has 1 aliphatic rings. The quantitative estimate of drug-likeness (QED) is 0.756. The van der Waals surface area contributed by atoms with E-state index in [4.69, 9.17) is 4.74 Å². The second-order valence-electron chi connectivity index (χ2n) is 6.28. The van der Waals surface area contributed by atoms with Crippen LogP contribution in [0.2, 0.25) is 0 Å². The summed E-state index contributed by atoms with van der Waals surface area (Å²) < 4.78 is 5.97. The van der Waals surface area contributed by atoms with Gasteiger partial charge in [-0.05, 0) is 42.3 Å². The third-order valence-electron chi connectivity index (χ3n) is 4.62. The van der Waals surface area contributed by atoms with E-state index in [0.29, 0.717) is 0 Å². The lowest BCUT2D eigenvalue weighted by Gasteiger charge is -2.26. The van der Waals surface area contributed by atoms with Gasteiger partial charge in [-0.25, -0.2) is 0 Å². The molecule has 1 fully saturated rings. The Balaban J connectivity index is 1.50. The molecule has 2 aromatic carbocycles. The number of benzene rings is 2. The first kappa shape index (κ1) is 15.2. The maximum atomic E-state index is 5.97. The van der Waals surface area contributed by atoms with Gasteiger partial charge in [0, 0.05) is 49.8 Å². The highest BCUT2D eigenvalue weighted by molar-refractivity contribution is 5.84. The molecule has 24 heavy (non-hydrogen) atoms. The minimum absolute atomic E-state index is 0.870. The number of nitrogens with zero attached hydrogens (tertiary/aromatic N) is 1. The number of aromatic nitrogens is 1. The summed E-state index contributed by atoms with van der Waals surface area (Å²) in [4.78, 5) is 5.91. The van der Waals surface area contributed by atoms with Crippen molar-refractivity contribution in [2.45, 2.75) is 6.42 Å². The highest BCUT2D eigenvalue weighted by Crippen LogP contribution is 2.27. The Morgan fingerprint density at radius 3 is 2.62 bits per heavy atom. The van der Waals surface area contributed by atoms with Crippen LogP contribution < -0.4 is 10.1 Å². The summed E-state index contributed by atoms with van der Waals surface area (Å²) >= 11 is 0. The minimum atomic E-state index is 0.870. The molecular weight excluding hydrogens is 298 g/mol. The van der Waals surface area contributed by atoms with E-state index in [9.17, 15) is 0 Å². The Kier molecular flexibility index (Phi) is 4.49. The van der Waals surface area contributed by atoms with E-state index in [1.165, 1.54) is 16.5 Å². The molecule has 0 amide bonds. The fourth-order valence-electron chi connectivity index (χ4n) is 3.27. The van der Waals surface area contributed by atoms with Gasteiger partial charge in [-0.3, -0.25) is 0 Å². The lowest BCUT2D eigenvalue weighted by atomic mass is 10.1. The number of aromatic amines is 1. The molecule has 0 unspecified atom stereocenters. The van der Waals surface area contributed by atoms with Gasteiger partial charge >= 0.3 is 0 Å². The largest absolute Gasteiger partial charge is 0.457 e. The predicted molar refractivity (Wildman–Crippen MR) is 97.8 cm³/mol. The molecular formula is C20H23N3O. The molecule has 0 bridgehead atoms. The van der Waals surface area contributed by atoms with Gasteiger partial charge in [0.05, 0.1) is 0 Å². The summed E-state index contributed by atoms with van der Waals surface area (Å²) in [6, 6.07) is 16.2. The smallest absolute Gasteiger partial charge is 0.128 e. The fourth-order valence-corrected chi connectivity index (χ4v) is 3.27. The number of rotatable bonds is 5. The van der Waals surface area contributed by atoms with Crippen LogP contribution in [0.3, 0.4) is 0 Å². The molecule has 0 aliphatic carbocycles. The Bertz CT molecular complexity index is 791. The molecule has 1 saturated heterocycles. The molecule has 1 aromatic heterocycles. The third-order valence-corrected chi connectivity index (χ3v) is 4.62. The van der Waals surface area contributed by atoms with Crippen molar-refractivity contribution in [2.75, 3.05) is 32.7 Å². The molecule has 3 aromatic rings. The van der Waals surface area contributed by atoms with Crippen LogP contribution in [0.4, 0.5) is 0 Å². The van der Waals surface area contributed by atoms with Crippen molar-refractivity contribution < 1.29 is 4.74 Å². The van der Waals surface area contributed by atoms with Crippen LogP contribution in [-0.2, 0) is 6.42 Å². The second kappa shape index (κ2) is 7.07. The van der Waals surface area contributed by atoms with Gasteiger partial charge in [-0.15, -0.1) is 0 Å². The summed E-state index contributed by atoms with van der Waals surface area (Å²) in [7, 11) is 0. The van der Waals surface area contributed by atoms with Gasteiger partial charge in [0.15, 0.2) is 0 Å². The molecule has 0 saturated carbocycles. The highest BCUT2D eigenvalue weighted by atomic mass is 16.5. The van der Waals surface area contributed by atoms with Crippen molar-refractivity contribution >= 4 is 10.9 Å². The molecule has 4 rings (SSSR count). The zero-order valence-electron chi connectivity index (χ0n) is 13.8. The van der Waals surface area contributed by atoms with Crippen LogP contribution in [-0.4, -0.2) is 42.6 Å². The topological polar surface area (TPSA) is 40.3 Å². The number of hydrogen-bond donors (Lipinski definition) is 2. The van der Waals surface area contributed by atoms with Crippen LogP contribution in [0, 0.1) is 0 Å². The molecule has 1 aliphatic heterocycles. The number of fused-ring (bicyclic) bond motifs is 1. The van der Waals surface area contributed by atoms with E-state index in [2.05, 4.69) is 33.5 Å². The van der Waals surface area contributed by atoms with E-state index < -0.39 is 0 Å². The third kappa shape index (κ3) is 3.45. The van der Waals surface area contributed by atoms with Crippen LogP contribution in [0.15, 0.2) is 54.7 Å². The molecule has 4 nitrogen and oxygen atoms in total. The van der Waals surface area contributed by atoms with Gasteiger partial charge in [-0.1, -0.05) is 18.2 Å². The summed E-state index contributed by atoms with van der Waals surface area (Å²) in [5.74, 6) is 1.76. The average Bonchev–Trinajstić information content (AvgIpc) is 3.04. The summed E-state index contributed by atoms with van der Waals surface area (Å²) in [6.45, 7) is 5.60. The fraction of sp³-hybridized carbons (Fsp3) is 0.300. The van der Waals surface area contributed by atoms with Crippen LogP contribution >= 0.6 is 0 Å².